The van der Waals surface area contributed by atoms with E-state index in [4.69, 9.17) is 0 Å². The summed E-state index contributed by atoms with van der Waals surface area (Å²) in [5, 5.41) is 3.31. The van der Waals surface area contributed by atoms with Crippen molar-refractivity contribution in [2.24, 2.45) is 0 Å². The molecule has 1 heterocycles. The van der Waals surface area contributed by atoms with Crippen LogP contribution in [0, 0.1) is 0 Å². The summed E-state index contributed by atoms with van der Waals surface area (Å²) >= 11 is 6.76. The molecule has 0 aliphatic carbocycles. The van der Waals surface area contributed by atoms with Crippen LogP contribution in [0.5, 0.6) is 0 Å². The number of rotatable bonds is 3. The Bertz CT molecular complexity index is 469. The van der Waals surface area contributed by atoms with Gasteiger partial charge < -0.3 is 5.32 Å². The molecule has 4 heteroatoms. The molecule has 0 radical (unpaired) electrons. The van der Waals surface area contributed by atoms with Gasteiger partial charge in [0.1, 0.15) is 4.60 Å². The lowest BCUT2D eigenvalue weighted by Crippen LogP contribution is -1.99. The van der Waals surface area contributed by atoms with E-state index in [0.717, 1.165) is 21.3 Å². The van der Waals surface area contributed by atoms with Gasteiger partial charge in [0.25, 0.3) is 0 Å². The third-order valence-electron chi connectivity index (χ3n) is 2.11. The number of halogens is 2. The maximum absolute atomic E-state index is 4.15. The van der Waals surface area contributed by atoms with Crippen LogP contribution in [-0.4, -0.2) is 4.98 Å². The van der Waals surface area contributed by atoms with Gasteiger partial charge in [0, 0.05) is 11.0 Å². The highest BCUT2D eigenvalue weighted by Gasteiger charge is 1.95. The molecule has 82 valence electrons. The number of anilines is 1. The normalized spacial score (nSPS) is 10.1. The van der Waals surface area contributed by atoms with E-state index in [2.05, 4.69) is 54.3 Å². The fourth-order valence-corrected chi connectivity index (χ4v) is 2.01. The Labute approximate surface area is 111 Å². The second kappa shape index (κ2) is 5.46. The van der Waals surface area contributed by atoms with Crippen molar-refractivity contribution in [2.45, 2.75) is 6.54 Å². The fraction of sp³-hybridized carbons (Fsp3) is 0.0833. The average molecular weight is 342 g/mol. The minimum atomic E-state index is 0.794. The Morgan fingerprint density at radius 1 is 1.12 bits per heavy atom. The van der Waals surface area contributed by atoms with Gasteiger partial charge in [-0.2, -0.15) is 0 Å². The van der Waals surface area contributed by atoms with Gasteiger partial charge >= 0.3 is 0 Å². The summed E-state index contributed by atoms with van der Waals surface area (Å²) < 4.78 is 1.95. The molecule has 0 amide bonds. The van der Waals surface area contributed by atoms with Crippen LogP contribution in [0.2, 0.25) is 0 Å². The Hall–Kier alpha value is -0.870. The third-order valence-corrected chi connectivity index (χ3v) is 3.08. The maximum Gasteiger partial charge on any atom is 0.106 e. The van der Waals surface area contributed by atoms with Gasteiger partial charge in [-0.1, -0.05) is 28.1 Å². The van der Waals surface area contributed by atoms with Gasteiger partial charge in [0.05, 0.1) is 11.9 Å². The van der Waals surface area contributed by atoms with E-state index in [9.17, 15) is 0 Å². The van der Waals surface area contributed by atoms with E-state index in [1.54, 1.807) is 0 Å². The minimum absolute atomic E-state index is 0.794. The molecule has 1 aromatic carbocycles. The zero-order valence-corrected chi connectivity index (χ0v) is 11.6. The zero-order chi connectivity index (χ0) is 11.4. The summed E-state index contributed by atoms with van der Waals surface area (Å²) in [7, 11) is 0. The predicted octanol–water partition coefficient (Wildman–Crippen LogP) is 4.22. The molecule has 0 saturated heterocycles. The van der Waals surface area contributed by atoms with Crippen LogP contribution in [0.4, 0.5) is 5.69 Å². The van der Waals surface area contributed by atoms with E-state index in [1.165, 1.54) is 5.56 Å². The molecule has 2 aromatic rings. The third kappa shape index (κ3) is 3.32. The molecule has 2 nitrogen and oxygen atoms in total. The molecule has 1 aromatic heterocycles. The Morgan fingerprint density at radius 3 is 2.69 bits per heavy atom. The Kier molecular flexibility index (Phi) is 3.96. The molecule has 0 bridgehead atoms. The molecule has 2 rings (SSSR count). The SMILES string of the molecule is Brc1cccc(CNc2ccc(Br)nc2)c1. The smallest absolute Gasteiger partial charge is 0.106 e. The van der Waals surface area contributed by atoms with Crippen LogP contribution in [-0.2, 0) is 6.54 Å². The van der Waals surface area contributed by atoms with Crippen LogP contribution in [0.1, 0.15) is 5.56 Å². The van der Waals surface area contributed by atoms with Gasteiger partial charge in [0.15, 0.2) is 0 Å². The van der Waals surface area contributed by atoms with E-state index in [0.29, 0.717) is 0 Å². The summed E-state index contributed by atoms with van der Waals surface area (Å²) in [4.78, 5) is 4.15. The average Bonchev–Trinajstić information content (AvgIpc) is 2.28. The lowest BCUT2D eigenvalue weighted by molar-refractivity contribution is 1.13. The van der Waals surface area contributed by atoms with Crippen LogP contribution < -0.4 is 5.32 Å². The lowest BCUT2D eigenvalue weighted by Gasteiger charge is -2.06. The highest BCUT2D eigenvalue weighted by atomic mass is 79.9. The number of hydrogen-bond donors (Lipinski definition) is 1. The number of nitrogens with zero attached hydrogens (tertiary/aromatic N) is 1. The fourth-order valence-electron chi connectivity index (χ4n) is 1.33. The Balaban J connectivity index is 1.99. The van der Waals surface area contributed by atoms with Crippen LogP contribution in [0.25, 0.3) is 0 Å². The molecule has 0 unspecified atom stereocenters. The highest BCUT2D eigenvalue weighted by molar-refractivity contribution is 9.10. The van der Waals surface area contributed by atoms with Gasteiger partial charge in [-0.05, 0) is 45.8 Å². The Morgan fingerprint density at radius 2 is 2.00 bits per heavy atom. The molecule has 0 aliphatic rings. The molecule has 1 N–H and O–H groups in total. The number of benzene rings is 1. The summed E-state index contributed by atoms with van der Waals surface area (Å²) in [5.74, 6) is 0. The quantitative estimate of drug-likeness (QED) is 0.845. The molecule has 16 heavy (non-hydrogen) atoms. The van der Waals surface area contributed by atoms with Crippen molar-refractivity contribution < 1.29 is 0 Å². The molecule has 0 aliphatic heterocycles. The minimum Gasteiger partial charge on any atom is -0.380 e. The van der Waals surface area contributed by atoms with E-state index < -0.39 is 0 Å². The van der Waals surface area contributed by atoms with E-state index in [-0.39, 0.29) is 0 Å². The second-order valence-electron chi connectivity index (χ2n) is 3.35. The molecule has 0 saturated carbocycles. The van der Waals surface area contributed by atoms with Crippen molar-refractivity contribution in [1.29, 1.82) is 0 Å². The topological polar surface area (TPSA) is 24.9 Å². The predicted molar refractivity (Wildman–Crippen MR) is 73.4 cm³/mol. The van der Waals surface area contributed by atoms with Crippen molar-refractivity contribution in [3.63, 3.8) is 0 Å². The number of pyridine rings is 1. The van der Waals surface area contributed by atoms with Gasteiger partial charge in [-0.25, -0.2) is 4.98 Å². The van der Waals surface area contributed by atoms with E-state index in [1.807, 2.05) is 30.5 Å². The highest BCUT2D eigenvalue weighted by Crippen LogP contribution is 2.14. The first-order chi connectivity index (χ1) is 7.74. The van der Waals surface area contributed by atoms with Gasteiger partial charge in [-0.3, -0.25) is 0 Å². The van der Waals surface area contributed by atoms with Crippen LogP contribution in [0.15, 0.2) is 51.7 Å². The molecular weight excluding hydrogens is 332 g/mol. The number of aromatic nitrogens is 1. The summed E-state index contributed by atoms with van der Waals surface area (Å²) in [5.41, 5.74) is 2.25. The summed E-state index contributed by atoms with van der Waals surface area (Å²) in [6.45, 7) is 0.794. The first-order valence-electron chi connectivity index (χ1n) is 4.84. The first-order valence-corrected chi connectivity index (χ1v) is 6.42. The molecule has 0 atom stereocenters. The van der Waals surface area contributed by atoms with Crippen LogP contribution in [0.3, 0.4) is 0 Å². The van der Waals surface area contributed by atoms with Crippen LogP contribution >= 0.6 is 31.9 Å². The van der Waals surface area contributed by atoms with Gasteiger partial charge in [-0.15, -0.1) is 0 Å². The number of nitrogens with one attached hydrogen (secondary N) is 1. The van der Waals surface area contributed by atoms with Crippen molar-refractivity contribution >= 4 is 37.5 Å². The standard InChI is InChI=1S/C12H10Br2N2/c13-10-3-1-2-9(6-10)7-15-11-4-5-12(14)16-8-11/h1-6,8,15H,7H2. The first kappa shape index (κ1) is 11.6. The molecule has 0 fully saturated rings. The van der Waals surface area contributed by atoms with Crippen molar-refractivity contribution in [2.75, 3.05) is 5.32 Å². The maximum atomic E-state index is 4.15. The lowest BCUT2D eigenvalue weighted by atomic mass is 10.2. The van der Waals surface area contributed by atoms with Crippen molar-refractivity contribution in [3.05, 3.63) is 57.2 Å². The van der Waals surface area contributed by atoms with Crippen molar-refractivity contribution in [1.82, 2.24) is 4.98 Å². The molecular formula is C12H10Br2N2. The monoisotopic (exact) mass is 340 g/mol. The van der Waals surface area contributed by atoms with Gasteiger partial charge in [0.2, 0.25) is 0 Å². The summed E-state index contributed by atoms with van der Waals surface area (Å²) in [6, 6.07) is 12.1. The molecule has 0 spiro atoms. The second-order valence-corrected chi connectivity index (χ2v) is 5.08. The summed E-state index contributed by atoms with van der Waals surface area (Å²) in [6.07, 6.45) is 1.81. The van der Waals surface area contributed by atoms with Crippen molar-refractivity contribution in [3.8, 4) is 0 Å². The van der Waals surface area contributed by atoms with E-state index >= 15 is 0 Å². The largest absolute Gasteiger partial charge is 0.380 e. The zero-order valence-electron chi connectivity index (χ0n) is 8.45. The number of hydrogen-bond acceptors (Lipinski definition) is 2.